The number of aliphatic hydroxyl groups excluding tert-OH is 1. The van der Waals surface area contributed by atoms with Crippen molar-refractivity contribution >= 4 is 5.97 Å². The van der Waals surface area contributed by atoms with Crippen molar-refractivity contribution in [3.63, 3.8) is 0 Å². The molecular formula is C13H14O6. The van der Waals surface area contributed by atoms with Crippen molar-refractivity contribution in [1.82, 2.24) is 0 Å². The van der Waals surface area contributed by atoms with Crippen LogP contribution in [-0.4, -0.2) is 32.4 Å². The zero-order valence-corrected chi connectivity index (χ0v) is 10.8. The number of aliphatic hydroxyl groups is 1. The topological polar surface area (TPSA) is 74.2 Å². The molecule has 2 rings (SSSR count). The minimum absolute atomic E-state index is 0.404. The van der Waals surface area contributed by atoms with E-state index >= 15 is 0 Å². The molecular weight excluding hydrogens is 252 g/mol. The predicted octanol–water partition coefficient (Wildman–Crippen LogP) is 1.75. The van der Waals surface area contributed by atoms with Gasteiger partial charge in [-0.1, -0.05) is 0 Å². The van der Waals surface area contributed by atoms with E-state index in [0.29, 0.717) is 22.8 Å². The molecule has 1 heterocycles. The maximum absolute atomic E-state index is 11.2. The highest BCUT2D eigenvalue weighted by Gasteiger charge is 2.28. The molecule has 1 aliphatic heterocycles. The van der Waals surface area contributed by atoms with Gasteiger partial charge in [-0.15, -0.1) is 0 Å². The minimum atomic E-state index is -0.751. The predicted molar refractivity (Wildman–Crippen MR) is 65.6 cm³/mol. The number of cyclic esters (lactones) is 1. The quantitative estimate of drug-likeness (QED) is 0.837. The number of esters is 1. The largest absolute Gasteiger partial charge is 0.502 e. The van der Waals surface area contributed by atoms with Gasteiger partial charge in [0.25, 0.3) is 0 Å². The average molecular weight is 266 g/mol. The molecule has 0 saturated carbocycles. The van der Waals surface area contributed by atoms with Crippen LogP contribution in [0.3, 0.4) is 0 Å². The fourth-order valence-corrected chi connectivity index (χ4v) is 1.85. The van der Waals surface area contributed by atoms with Gasteiger partial charge in [-0.25, -0.2) is 4.79 Å². The third-order valence-corrected chi connectivity index (χ3v) is 2.77. The Morgan fingerprint density at radius 3 is 2.05 bits per heavy atom. The third kappa shape index (κ3) is 2.29. The number of rotatable bonds is 4. The maximum Gasteiger partial charge on any atom is 0.374 e. The van der Waals surface area contributed by atoms with Crippen molar-refractivity contribution in [3.8, 4) is 17.2 Å². The van der Waals surface area contributed by atoms with Crippen LogP contribution in [0.5, 0.6) is 17.2 Å². The van der Waals surface area contributed by atoms with Crippen LogP contribution in [0.1, 0.15) is 11.7 Å². The van der Waals surface area contributed by atoms with Gasteiger partial charge in [0.15, 0.2) is 11.5 Å². The summed E-state index contributed by atoms with van der Waals surface area (Å²) in [5.41, 5.74) is 0.618. The summed E-state index contributed by atoms with van der Waals surface area (Å²) in [5.74, 6) is 0.198. The zero-order valence-electron chi connectivity index (χ0n) is 10.8. The molecule has 0 spiro atoms. The Kier molecular flexibility index (Phi) is 3.50. The second-order valence-corrected chi connectivity index (χ2v) is 3.84. The normalized spacial score (nSPS) is 17.7. The summed E-state index contributed by atoms with van der Waals surface area (Å²) in [6.07, 6.45) is 0.657. The summed E-state index contributed by atoms with van der Waals surface area (Å²) in [6.45, 7) is 0. The standard InChI is InChI=1S/C13H14O6/c1-16-10-4-7(5-11(17-2)12(10)18-3)9-6-8(14)13(15)19-9/h4-6,9,14H,1-3H3. The molecule has 0 fully saturated rings. The minimum Gasteiger partial charge on any atom is -0.502 e. The molecule has 6 nitrogen and oxygen atoms in total. The molecule has 6 heteroatoms. The van der Waals surface area contributed by atoms with Gasteiger partial charge in [0.05, 0.1) is 21.3 Å². The lowest BCUT2D eigenvalue weighted by Gasteiger charge is -2.16. The van der Waals surface area contributed by atoms with E-state index in [1.54, 1.807) is 12.1 Å². The number of ether oxygens (including phenoxy) is 4. The first-order valence-corrected chi connectivity index (χ1v) is 5.52. The van der Waals surface area contributed by atoms with Gasteiger partial charge in [0, 0.05) is 11.6 Å². The lowest BCUT2D eigenvalue weighted by Crippen LogP contribution is -2.03. The first kappa shape index (κ1) is 13.1. The highest BCUT2D eigenvalue weighted by atomic mass is 16.6. The SMILES string of the molecule is COc1cc(C2C=C(O)C(=O)O2)cc(OC)c1OC. The van der Waals surface area contributed by atoms with Crippen LogP contribution in [0.15, 0.2) is 24.0 Å². The van der Waals surface area contributed by atoms with E-state index in [4.69, 9.17) is 18.9 Å². The van der Waals surface area contributed by atoms with Crippen molar-refractivity contribution in [1.29, 1.82) is 0 Å². The summed E-state index contributed by atoms with van der Waals surface area (Å²) in [5, 5.41) is 9.28. The highest BCUT2D eigenvalue weighted by Crippen LogP contribution is 2.41. The Bertz CT molecular complexity index is 509. The van der Waals surface area contributed by atoms with E-state index < -0.39 is 17.8 Å². The zero-order chi connectivity index (χ0) is 14.0. The molecule has 102 valence electrons. The van der Waals surface area contributed by atoms with Gasteiger partial charge in [-0.2, -0.15) is 0 Å². The molecule has 0 bridgehead atoms. The number of benzene rings is 1. The molecule has 1 unspecified atom stereocenters. The maximum atomic E-state index is 11.2. The summed E-state index contributed by atoms with van der Waals surface area (Å²) >= 11 is 0. The Morgan fingerprint density at radius 2 is 1.68 bits per heavy atom. The molecule has 0 aromatic heterocycles. The van der Waals surface area contributed by atoms with E-state index in [-0.39, 0.29) is 0 Å². The van der Waals surface area contributed by atoms with Crippen molar-refractivity contribution in [2.24, 2.45) is 0 Å². The Morgan fingerprint density at radius 1 is 1.11 bits per heavy atom. The molecule has 1 atom stereocenters. The fourth-order valence-electron chi connectivity index (χ4n) is 1.85. The summed E-state index contributed by atoms with van der Waals surface area (Å²) in [7, 11) is 4.49. The molecule has 0 amide bonds. The lowest BCUT2D eigenvalue weighted by molar-refractivity contribution is -0.142. The Hall–Kier alpha value is -2.37. The van der Waals surface area contributed by atoms with Crippen LogP contribution < -0.4 is 14.2 Å². The van der Waals surface area contributed by atoms with Gasteiger partial charge in [-0.3, -0.25) is 0 Å². The summed E-state index contributed by atoms with van der Waals surface area (Å²) in [4.78, 5) is 11.2. The molecule has 0 saturated heterocycles. The molecule has 1 aliphatic rings. The first-order chi connectivity index (χ1) is 9.10. The Labute approximate surface area is 110 Å². The fraction of sp³-hybridized carbons (Fsp3) is 0.308. The molecule has 1 aromatic rings. The van der Waals surface area contributed by atoms with Crippen LogP contribution in [0.25, 0.3) is 0 Å². The monoisotopic (exact) mass is 266 g/mol. The van der Waals surface area contributed by atoms with Crippen LogP contribution in [-0.2, 0) is 9.53 Å². The van der Waals surface area contributed by atoms with Crippen LogP contribution in [0, 0.1) is 0 Å². The summed E-state index contributed by atoms with van der Waals surface area (Å²) < 4.78 is 20.6. The molecule has 0 aliphatic carbocycles. The molecule has 1 N–H and O–H groups in total. The van der Waals surface area contributed by atoms with E-state index in [0.717, 1.165) is 0 Å². The third-order valence-electron chi connectivity index (χ3n) is 2.77. The van der Waals surface area contributed by atoms with Gasteiger partial charge >= 0.3 is 5.97 Å². The van der Waals surface area contributed by atoms with E-state index in [1.165, 1.54) is 27.4 Å². The second-order valence-electron chi connectivity index (χ2n) is 3.84. The number of hydrogen-bond donors (Lipinski definition) is 1. The van der Waals surface area contributed by atoms with Gasteiger partial charge < -0.3 is 24.1 Å². The van der Waals surface area contributed by atoms with Crippen LogP contribution in [0.4, 0.5) is 0 Å². The van der Waals surface area contributed by atoms with E-state index in [9.17, 15) is 9.90 Å². The van der Waals surface area contributed by atoms with Crippen molar-refractivity contribution < 1.29 is 28.8 Å². The molecule has 19 heavy (non-hydrogen) atoms. The van der Waals surface area contributed by atoms with Crippen LogP contribution in [0.2, 0.25) is 0 Å². The molecule has 0 radical (unpaired) electrons. The number of methoxy groups -OCH3 is 3. The number of carbonyl (C=O) groups excluding carboxylic acids is 1. The highest BCUT2D eigenvalue weighted by molar-refractivity contribution is 5.88. The van der Waals surface area contributed by atoms with E-state index in [1.807, 2.05) is 0 Å². The number of carbonyl (C=O) groups is 1. The van der Waals surface area contributed by atoms with Crippen molar-refractivity contribution in [2.75, 3.05) is 21.3 Å². The van der Waals surface area contributed by atoms with Crippen molar-refractivity contribution in [2.45, 2.75) is 6.10 Å². The lowest BCUT2D eigenvalue weighted by atomic mass is 10.1. The van der Waals surface area contributed by atoms with Crippen LogP contribution >= 0.6 is 0 Å². The van der Waals surface area contributed by atoms with Crippen molar-refractivity contribution in [3.05, 3.63) is 29.5 Å². The van der Waals surface area contributed by atoms with Gasteiger partial charge in [0.2, 0.25) is 11.5 Å². The average Bonchev–Trinajstić information content (AvgIpc) is 2.76. The van der Waals surface area contributed by atoms with E-state index in [2.05, 4.69) is 0 Å². The smallest absolute Gasteiger partial charge is 0.374 e. The second kappa shape index (κ2) is 5.09. The Balaban J connectivity index is 2.45. The van der Waals surface area contributed by atoms with Gasteiger partial charge in [-0.05, 0) is 12.1 Å². The summed E-state index contributed by atoms with van der Waals surface area (Å²) in [6, 6.07) is 3.32. The molecule has 1 aromatic carbocycles. The number of hydrogen-bond acceptors (Lipinski definition) is 6. The first-order valence-electron chi connectivity index (χ1n) is 5.52. The van der Waals surface area contributed by atoms with Gasteiger partial charge in [0.1, 0.15) is 6.10 Å².